The van der Waals surface area contributed by atoms with Gasteiger partial charge >= 0.3 is 18.0 Å². The number of fused-ring (bicyclic) bond motifs is 3. The lowest BCUT2D eigenvalue weighted by Crippen LogP contribution is -3.00. The van der Waals surface area contributed by atoms with Gasteiger partial charge in [0, 0.05) is 18.8 Å². The van der Waals surface area contributed by atoms with Gasteiger partial charge in [-0.25, -0.2) is 0 Å². The van der Waals surface area contributed by atoms with Crippen LogP contribution < -0.4 is 26.4 Å². The van der Waals surface area contributed by atoms with Gasteiger partial charge in [0.1, 0.15) is 6.54 Å². The van der Waals surface area contributed by atoms with Crippen molar-refractivity contribution in [1.29, 1.82) is 0 Å². The van der Waals surface area contributed by atoms with E-state index in [0.29, 0.717) is 22.8 Å². The molecule has 0 aromatic carbocycles. The van der Waals surface area contributed by atoms with Crippen LogP contribution in [0.2, 0.25) is 0 Å². The fraction of sp³-hybridized carbons (Fsp3) is 0.667. The molecule has 1 aromatic rings. The molecular formula is C12H17ClN4O3. The van der Waals surface area contributed by atoms with Gasteiger partial charge in [-0.05, 0) is 0 Å². The first-order chi connectivity index (χ1) is 9.16. The van der Waals surface area contributed by atoms with Crippen LogP contribution in [0.3, 0.4) is 0 Å². The molecule has 7 nitrogen and oxygen atoms in total. The molecule has 8 heteroatoms. The number of piperidine rings is 3. The van der Waals surface area contributed by atoms with Crippen molar-refractivity contribution in [2.75, 3.05) is 33.9 Å². The first-order valence-electron chi connectivity index (χ1n) is 6.40. The minimum Gasteiger partial charge on any atom is -1.00 e. The van der Waals surface area contributed by atoms with Crippen LogP contribution in [0.1, 0.15) is 12.8 Å². The second-order valence-electron chi connectivity index (χ2n) is 5.10. The summed E-state index contributed by atoms with van der Waals surface area (Å²) in [5.74, 6) is 1.14. The smallest absolute Gasteiger partial charge is 0.338 e. The Morgan fingerprint density at radius 3 is 2.05 bits per heavy atom. The Balaban J connectivity index is 0.00000147. The van der Waals surface area contributed by atoms with E-state index >= 15 is 0 Å². The van der Waals surface area contributed by atoms with Crippen molar-refractivity contribution < 1.29 is 26.7 Å². The molecule has 3 aliphatic heterocycles. The first kappa shape index (κ1) is 14.9. The third-order valence-corrected chi connectivity index (χ3v) is 4.10. The lowest BCUT2D eigenvalue weighted by molar-refractivity contribution is -0.130. The van der Waals surface area contributed by atoms with E-state index in [1.807, 2.05) is 0 Å². The Morgan fingerprint density at radius 1 is 1.05 bits per heavy atom. The lowest BCUT2D eigenvalue weighted by atomic mass is 9.85. The molecule has 0 unspecified atom stereocenters. The second kappa shape index (κ2) is 5.49. The van der Waals surface area contributed by atoms with Crippen LogP contribution in [0.4, 0.5) is 5.95 Å². The number of hydrogen-bond acceptors (Lipinski definition) is 6. The Hall–Kier alpha value is -1.47. The van der Waals surface area contributed by atoms with Crippen LogP contribution in [0.15, 0.2) is 0 Å². The zero-order valence-corrected chi connectivity index (χ0v) is 12.3. The summed E-state index contributed by atoms with van der Waals surface area (Å²) in [7, 11) is 3.01. The van der Waals surface area contributed by atoms with Crippen LogP contribution in [-0.2, 0) is 4.79 Å². The van der Waals surface area contributed by atoms with Gasteiger partial charge in [-0.3, -0.25) is 9.28 Å². The normalized spacial score (nSPS) is 27.9. The lowest BCUT2D eigenvalue weighted by Gasteiger charge is -2.45. The Morgan fingerprint density at radius 2 is 1.60 bits per heavy atom. The molecule has 2 bridgehead atoms. The molecule has 3 fully saturated rings. The Labute approximate surface area is 123 Å². The topological polar surface area (TPSA) is 74.2 Å². The summed E-state index contributed by atoms with van der Waals surface area (Å²) in [6, 6.07) is 0.462. The highest BCUT2D eigenvalue weighted by Gasteiger charge is 2.48. The number of ether oxygens (including phenoxy) is 2. The van der Waals surface area contributed by atoms with Crippen LogP contribution in [0.25, 0.3) is 0 Å². The summed E-state index contributed by atoms with van der Waals surface area (Å²) < 4.78 is 10.7. The summed E-state index contributed by atoms with van der Waals surface area (Å²) in [6.07, 6.45) is 1.82. The molecule has 110 valence electrons. The largest absolute Gasteiger partial charge is 1.00 e. The minimum atomic E-state index is 0. The molecule has 4 heterocycles. The SMILES string of the molecule is COc1nc(OC)nc([N+]23CCC(CC2)C(=O)C3)n1.[Cl-]. The van der Waals surface area contributed by atoms with Crippen molar-refractivity contribution in [3.63, 3.8) is 0 Å². The number of halogens is 1. The molecule has 0 amide bonds. The quantitative estimate of drug-likeness (QED) is 0.561. The van der Waals surface area contributed by atoms with E-state index in [9.17, 15) is 4.79 Å². The summed E-state index contributed by atoms with van der Waals surface area (Å²) in [5, 5.41) is 0. The number of carbonyl (C=O) groups is 1. The van der Waals surface area contributed by atoms with Crippen molar-refractivity contribution >= 4 is 11.7 Å². The van der Waals surface area contributed by atoms with Gasteiger partial charge in [0.05, 0.1) is 27.3 Å². The fourth-order valence-electron chi connectivity index (χ4n) is 2.96. The third-order valence-electron chi connectivity index (χ3n) is 4.10. The molecule has 0 radical (unpaired) electrons. The average molecular weight is 301 g/mol. The van der Waals surface area contributed by atoms with Crippen LogP contribution in [0.5, 0.6) is 12.0 Å². The molecular weight excluding hydrogens is 284 g/mol. The van der Waals surface area contributed by atoms with Gasteiger partial charge in [0.25, 0.3) is 0 Å². The zero-order chi connectivity index (χ0) is 13.5. The predicted molar refractivity (Wildman–Crippen MR) is 67.1 cm³/mol. The number of methoxy groups -OCH3 is 2. The molecule has 0 spiro atoms. The molecule has 0 N–H and O–H groups in total. The number of aromatic nitrogens is 3. The van der Waals surface area contributed by atoms with Gasteiger partial charge in [0.15, 0.2) is 5.78 Å². The molecule has 4 rings (SSSR count). The maximum Gasteiger partial charge on any atom is 0.338 e. The monoisotopic (exact) mass is 300 g/mol. The maximum absolute atomic E-state index is 12.0. The average Bonchev–Trinajstić information content (AvgIpc) is 2.47. The number of quaternary nitrogens is 1. The van der Waals surface area contributed by atoms with E-state index in [1.54, 1.807) is 0 Å². The molecule has 0 saturated carbocycles. The van der Waals surface area contributed by atoms with E-state index < -0.39 is 0 Å². The number of ketones is 1. The minimum absolute atomic E-state index is 0. The van der Waals surface area contributed by atoms with Gasteiger partial charge in [-0.2, -0.15) is 0 Å². The molecule has 1 aromatic heterocycles. The molecule has 3 saturated heterocycles. The highest BCUT2D eigenvalue weighted by molar-refractivity contribution is 5.86. The highest BCUT2D eigenvalue weighted by Crippen LogP contribution is 2.35. The van der Waals surface area contributed by atoms with Gasteiger partial charge in [0.2, 0.25) is 0 Å². The Bertz CT molecular complexity index is 495. The third kappa shape index (κ3) is 2.31. The molecule has 20 heavy (non-hydrogen) atoms. The second-order valence-corrected chi connectivity index (χ2v) is 5.10. The maximum atomic E-state index is 12.0. The summed E-state index contributed by atoms with van der Waals surface area (Å²) in [6.45, 7) is 2.26. The van der Waals surface area contributed by atoms with Crippen molar-refractivity contribution in [1.82, 2.24) is 19.4 Å². The van der Waals surface area contributed by atoms with E-state index in [0.717, 1.165) is 25.9 Å². The number of Topliss-reactive ketones (excluding diaryl/α,β-unsaturated/α-hetero) is 1. The van der Waals surface area contributed by atoms with Crippen molar-refractivity contribution in [3.8, 4) is 12.0 Å². The van der Waals surface area contributed by atoms with Crippen molar-refractivity contribution in [3.05, 3.63) is 0 Å². The Kier molecular flexibility index (Phi) is 4.10. The summed E-state index contributed by atoms with van der Waals surface area (Å²) >= 11 is 0. The van der Waals surface area contributed by atoms with E-state index in [4.69, 9.17) is 9.47 Å². The fourth-order valence-corrected chi connectivity index (χ4v) is 2.96. The number of carbonyl (C=O) groups excluding carboxylic acids is 1. The van der Waals surface area contributed by atoms with E-state index in [1.165, 1.54) is 14.2 Å². The molecule has 0 atom stereocenters. The van der Waals surface area contributed by atoms with Crippen LogP contribution in [0, 0.1) is 5.92 Å². The molecule has 0 aliphatic carbocycles. The summed E-state index contributed by atoms with van der Waals surface area (Å²) in [5.41, 5.74) is 0. The highest BCUT2D eigenvalue weighted by atomic mass is 35.5. The van der Waals surface area contributed by atoms with Crippen molar-refractivity contribution in [2.24, 2.45) is 5.92 Å². The van der Waals surface area contributed by atoms with Crippen LogP contribution in [-0.4, -0.2) is 54.6 Å². The number of nitrogens with zero attached hydrogens (tertiary/aromatic N) is 4. The predicted octanol–water partition coefficient (Wildman–Crippen LogP) is -2.81. The molecule has 3 aliphatic rings. The van der Waals surface area contributed by atoms with Gasteiger partial charge < -0.3 is 21.9 Å². The van der Waals surface area contributed by atoms with Gasteiger partial charge in [-0.15, -0.1) is 15.0 Å². The van der Waals surface area contributed by atoms with Gasteiger partial charge in [-0.1, -0.05) is 0 Å². The van der Waals surface area contributed by atoms with Crippen LogP contribution >= 0.6 is 0 Å². The van der Waals surface area contributed by atoms with E-state index in [-0.39, 0.29) is 30.3 Å². The zero-order valence-electron chi connectivity index (χ0n) is 11.5. The number of hydrogen-bond donors (Lipinski definition) is 0. The summed E-state index contributed by atoms with van der Waals surface area (Å²) in [4.78, 5) is 24.6. The first-order valence-corrected chi connectivity index (χ1v) is 6.40. The van der Waals surface area contributed by atoms with Crippen molar-refractivity contribution in [2.45, 2.75) is 12.8 Å². The van der Waals surface area contributed by atoms with E-state index in [2.05, 4.69) is 15.0 Å². The standard InChI is InChI=1S/C12H17N4O3.ClH/c1-18-11-13-10(14-12(15-11)19-2)16-5-3-8(4-6-16)9(17)7-16;/h8H,3-7H2,1-2H3;1H/q+1;/p-1. The number of rotatable bonds is 3.